The predicted octanol–water partition coefficient (Wildman–Crippen LogP) is 8.53. The first-order chi connectivity index (χ1) is 21.7. The van der Waals surface area contributed by atoms with E-state index in [0.29, 0.717) is 22.7 Å². The minimum Gasteiger partial charge on any atom is -0.491 e. The van der Waals surface area contributed by atoms with Gasteiger partial charge in [-0.3, -0.25) is 5.41 Å². The van der Waals surface area contributed by atoms with E-state index >= 15 is 0 Å². The second-order valence-corrected chi connectivity index (χ2v) is 11.7. The molecule has 1 aliphatic heterocycles. The Hall–Kier alpha value is -5.04. The molecule has 228 valence electrons. The first-order valence-electron chi connectivity index (χ1n) is 15.2. The van der Waals surface area contributed by atoms with Gasteiger partial charge in [0, 0.05) is 36.0 Å². The van der Waals surface area contributed by atoms with E-state index in [-0.39, 0.29) is 31.3 Å². The van der Waals surface area contributed by atoms with Crippen LogP contribution in [0.2, 0.25) is 0 Å². The number of alkyl halides is 2. The molecule has 0 radical (unpaired) electrons. The molecule has 5 nitrogen and oxygen atoms in total. The maximum absolute atomic E-state index is 14.0. The lowest BCUT2D eigenvalue weighted by Crippen LogP contribution is -2.38. The number of nitrogens with one attached hydrogen (secondary N) is 2. The predicted molar refractivity (Wildman–Crippen MR) is 177 cm³/mol. The quantitative estimate of drug-likeness (QED) is 0.124. The normalized spacial score (nSPS) is 14.4. The fourth-order valence-corrected chi connectivity index (χ4v) is 6.00. The van der Waals surface area contributed by atoms with Gasteiger partial charge in [-0.2, -0.15) is 0 Å². The molecule has 1 saturated heterocycles. The van der Waals surface area contributed by atoms with Crippen molar-refractivity contribution in [2.75, 3.05) is 23.3 Å². The molecule has 0 atom stereocenters. The van der Waals surface area contributed by atoms with E-state index in [1.807, 2.05) is 86.6 Å². The van der Waals surface area contributed by atoms with Crippen LogP contribution >= 0.6 is 0 Å². The van der Waals surface area contributed by atoms with Crippen LogP contribution in [0.4, 0.5) is 20.3 Å². The Balaban J connectivity index is 1.50. The first-order valence-corrected chi connectivity index (χ1v) is 15.2. The molecule has 0 unspecified atom stereocenters. The van der Waals surface area contributed by atoms with Crippen molar-refractivity contribution in [2.24, 2.45) is 0 Å². The van der Waals surface area contributed by atoms with Crippen molar-refractivity contribution in [2.45, 2.75) is 37.8 Å². The molecule has 1 aromatic heterocycles. The second-order valence-electron chi connectivity index (χ2n) is 11.7. The van der Waals surface area contributed by atoms with Crippen LogP contribution in [-0.2, 0) is 5.54 Å². The lowest BCUT2D eigenvalue weighted by Gasteiger charge is -2.38. The monoisotopic (exact) mass is 602 g/mol. The van der Waals surface area contributed by atoms with E-state index < -0.39 is 11.5 Å². The van der Waals surface area contributed by atoms with Gasteiger partial charge in [0.05, 0.1) is 18.4 Å². The van der Waals surface area contributed by atoms with Crippen LogP contribution in [0.15, 0.2) is 128 Å². The van der Waals surface area contributed by atoms with Gasteiger partial charge in [0.15, 0.2) is 0 Å². The third-order valence-corrected chi connectivity index (χ3v) is 8.10. The minimum absolute atomic E-state index is 0.0627. The van der Waals surface area contributed by atoms with Crippen molar-refractivity contribution >= 4 is 17.2 Å². The van der Waals surface area contributed by atoms with Gasteiger partial charge in [-0.15, -0.1) is 0 Å². The molecule has 2 N–H and O–H groups in total. The standard InChI is InChI=1S/C38H36F2N4O/c1-27(2)45-32-18-19-34(33(25-32)36(41)28-20-22-42-35(24-28)44-23-21-37(39,40)26-44)43-38(29-12-6-3-7-13-29,30-14-8-4-9-15-30)31-16-10-5-11-17-31/h3-20,22,24-25,27,41,43H,21,23,26H2,1-2H3. The van der Waals surface area contributed by atoms with Crippen LogP contribution < -0.4 is 15.0 Å². The Morgan fingerprint density at radius 3 is 1.93 bits per heavy atom. The molecule has 0 spiro atoms. The third-order valence-electron chi connectivity index (χ3n) is 8.10. The van der Waals surface area contributed by atoms with Crippen molar-refractivity contribution in [3.05, 3.63) is 155 Å². The molecule has 0 bridgehead atoms. The lowest BCUT2D eigenvalue weighted by molar-refractivity contribution is 0.0256. The minimum atomic E-state index is -2.75. The molecule has 1 fully saturated rings. The zero-order valence-corrected chi connectivity index (χ0v) is 25.4. The molecule has 0 saturated carbocycles. The Morgan fingerprint density at radius 2 is 1.42 bits per heavy atom. The number of halogens is 2. The van der Waals surface area contributed by atoms with Crippen molar-refractivity contribution < 1.29 is 13.5 Å². The van der Waals surface area contributed by atoms with Crippen molar-refractivity contribution in [3.8, 4) is 5.75 Å². The summed E-state index contributed by atoms with van der Waals surface area (Å²) in [4.78, 5) is 5.96. The van der Waals surface area contributed by atoms with Crippen LogP contribution in [0.1, 0.15) is 48.1 Å². The average Bonchev–Trinajstić information content (AvgIpc) is 3.44. The number of ether oxygens (including phenoxy) is 1. The fraction of sp³-hybridized carbons (Fsp3) is 0.211. The third kappa shape index (κ3) is 6.29. The Labute approximate surface area is 263 Å². The van der Waals surface area contributed by atoms with Gasteiger partial charge in [0.25, 0.3) is 5.92 Å². The molecular weight excluding hydrogens is 566 g/mol. The first kappa shape index (κ1) is 30.0. The number of nitrogens with zero attached hydrogens (tertiary/aromatic N) is 2. The summed E-state index contributed by atoms with van der Waals surface area (Å²) < 4.78 is 34.2. The Morgan fingerprint density at radius 1 is 0.844 bits per heavy atom. The van der Waals surface area contributed by atoms with Crippen molar-refractivity contribution in [1.82, 2.24) is 4.98 Å². The summed E-state index contributed by atoms with van der Waals surface area (Å²) in [6, 6.07) is 40.0. The molecule has 2 heterocycles. The highest BCUT2D eigenvalue weighted by Crippen LogP contribution is 2.41. The molecule has 6 rings (SSSR count). The molecule has 0 amide bonds. The maximum atomic E-state index is 14.0. The number of rotatable bonds is 10. The summed E-state index contributed by atoms with van der Waals surface area (Å²) in [5, 5.41) is 13.4. The average molecular weight is 603 g/mol. The van der Waals surface area contributed by atoms with Gasteiger partial charge in [-0.1, -0.05) is 91.0 Å². The molecule has 1 aliphatic rings. The topological polar surface area (TPSA) is 61.2 Å². The zero-order valence-electron chi connectivity index (χ0n) is 25.4. The van der Waals surface area contributed by atoms with Crippen LogP contribution in [-0.4, -0.2) is 35.8 Å². The highest BCUT2D eigenvalue weighted by atomic mass is 19.3. The molecular formula is C38H36F2N4O. The SMILES string of the molecule is CC(C)Oc1ccc(NC(c2ccccc2)(c2ccccc2)c2ccccc2)c(C(=N)c2ccnc(N3CCC(F)(F)C3)c2)c1. The van der Waals surface area contributed by atoms with E-state index in [4.69, 9.17) is 4.74 Å². The number of benzene rings is 4. The summed E-state index contributed by atoms with van der Waals surface area (Å²) in [7, 11) is 0. The molecule has 4 aromatic carbocycles. The number of hydrogen-bond donors (Lipinski definition) is 2. The Bertz CT molecular complexity index is 1660. The van der Waals surface area contributed by atoms with E-state index in [0.717, 1.165) is 22.4 Å². The van der Waals surface area contributed by atoms with Crippen LogP contribution in [0.5, 0.6) is 5.75 Å². The number of pyridine rings is 1. The number of anilines is 2. The van der Waals surface area contributed by atoms with E-state index in [1.54, 1.807) is 23.2 Å². The highest BCUT2D eigenvalue weighted by Gasteiger charge is 2.39. The van der Waals surface area contributed by atoms with Gasteiger partial charge < -0.3 is 15.0 Å². The maximum Gasteiger partial charge on any atom is 0.266 e. The summed E-state index contributed by atoms with van der Waals surface area (Å²) in [5.41, 5.74) is 4.41. The number of hydrogen-bond acceptors (Lipinski definition) is 5. The van der Waals surface area contributed by atoms with Crippen molar-refractivity contribution in [3.63, 3.8) is 0 Å². The largest absolute Gasteiger partial charge is 0.491 e. The summed E-state index contributed by atoms with van der Waals surface area (Å²) in [6.45, 7) is 3.76. The van der Waals surface area contributed by atoms with Gasteiger partial charge in [0.2, 0.25) is 0 Å². The molecule has 5 aromatic rings. The molecule has 0 aliphatic carbocycles. The fourth-order valence-electron chi connectivity index (χ4n) is 6.00. The van der Waals surface area contributed by atoms with Gasteiger partial charge in [-0.25, -0.2) is 13.8 Å². The van der Waals surface area contributed by atoms with Gasteiger partial charge in [-0.05, 0) is 60.9 Å². The smallest absolute Gasteiger partial charge is 0.266 e. The van der Waals surface area contributed by atoms with Crippen LogP contribution in [0.25, 0.3) is 0 Å². The summed E-state index contributed by atoms with van der Waals surface area (Å²) in [6.07, 6.45) is 1.31. The van der Waals surface area contributed by atoms with Gasteiger partial charge in [0.1, 0.15) is 17.1 Å². The zero-order chi connectivity index (χ0) is 31.4. The summed E-state index contributed by atoms with van der Waals surface area (Å²) in [5.74, 6) is -1.68. The van der Waals surface area contributed by atoms with Gasteiger partial charge >= 0.3 is 0 Å². The van der Waals surface area contributed by atoms with Crippen molar-refractivity contribution in [1.29, 1.82) is 5.41 Å². The summed E-state index contributed by atoms with van der Waals surface area (Å²) >= 11 is 0. The molecule has 45 heavy (non-hydrogen) atoms. The van der Waals surface area contributed by atoms with E-state index in [1.165, 1.54) is 0 Å². The van der Waals surface area contributed by atoms with Crippen LogP contribution in [0, 0.1) is 5.41 Å². The second kappa shape index (κ2) is 12.5. The highest BCUT2D eigenvalue weighted by molar-refractivity contribution is 6.14. The Kier molecular flexibility index (Phi) is 8.35. The van der Waals surface area contributed by atoms with Crippen LogP contribution in [0.3, 0.4) is 0 Å². The van der Waals surface area contributed by atoms with E-state index in [9.17, 15) is 14.2 Å². The van der Waals surface area contributed by atoms with E-state index in [2.05, 4.69) is 46.7 Å². The number of aromatic nitrogens is 1. The lowest BCUT2D eigenvalue weighted by atomic mass is 9.76. The molecule has 7 heteroatoms.